The van der Waals surface area contributed by atoms with Gasteiger partial charge in [-0.2, -0.15) is 0 Å². The topological polar surface area (TPSA) is 66.8 Å². The maximum absolute atomic E-state index is 12.1. The second kappa shape index (κ2) is 5.33. The Morgan fingerprint density at radius 2 is 1.83 bits per heavy atom. The van der Waals surface area contributed by atoms with Gasteiger partial charge in [0.25, 0.3) is 0 Å². The van der Waals surface area contributed by atoms with Crippen molar-refractivity contribution >= 4 is 5.78 Å². The van der Waals surface area contributed by atoms with Crippen molar-refractivity contribution in [1.82, 2.24) is 0 Å². The summed E-state index contributed by atoms with van der Waals surface area (Å²) in [6, 6.07) is 13.0. The number of ether oxygens (including phenoxy) is 1. The summed E-state index contributed by atoms with van der Waals surface area (Å²) >= 11 is 0. The van der Waals surface area contributed by atoms with E-state index >= 15 is 0 Å². The third kappa shape index (κ3) is 2.49. The van der Waals surface area contributed by atoms with Gasteiger partial charge in [-0.3, -0.25) is 4.79 Å². The Hall–Kier alpha value is -2.33. The molecule has 0 unspecified atom stereocenters. The first-order valence-corrected chi connectivity index (χ1v) is 5.39. The predicted octanol–water partition coefficient (Wildman–Crippen LogP) is 1.95. The van der Waals surface area contributed by atoms with Crippen LogP contribution < -0.4 is 4.74 Å². The van der Waals surface area contributed by atoms with Crippen molar-refractivity contribution in [3.8, 4) is 11.5 Å². The smallest absolute Gasteiger partial charge is 0.196 e. The second-order valence-corrected chi connectivity index (χ2v) is 3.65. The van der Waals surface area contributed by atoms with Gasteiger partial charge in [0.2, 0.25) is 0 Å². The van der Waals surface area contributed by atoms with Gasteiger partial charge in [-0.05, 0) is 12.1 Å². The van der Waals surface area contributed by atoms with Crippen LogP contribution in [0.3, 0.4) is 0 Å². The monoisotopic (exact) mass is 244 g/mol. The van der Waals surface area contributed by atoms with Gasteiger partial charge in [-0.1, -0.05) is 30.3 Å². The minimum absolute atomic E-state index is 0.171. The van der Waals surface area contributed by atoms with Crippen LogP contribution in [0.15, 0.2) is 48.5 Å². The van der Waals surface area contributed by atoms with Crippen LogP contribution in [0.25, 0.3) is 0 Å². The summed E-state index contributed by atoms with van der Waals surface area (Å²) in [5, 5.41) is 18.4. The normalized spacial score (nSPS) is 10.1. The fourth-order valence-electron chi connectivity index (χ4n) is 1.61. The van der Waals surface area contributed by atoms with Gasteiger partial charge in [0.1, 0.15) is 11.5 Å². The van der Waals surface area contributed by atoms with Crippen molar-refractivity contribution in [3.63, 3.8) is 0 Å². The Labute approximate surface area is 104 Å². The molecule has 0 aromatic heterocycles. The third-order valence-corrected chi connectivity index (χ3v) is 2.48. The molecule has 2 aromatic rings. The van der Waals surface area contributed by atoms with E-state index < -0.39 is 6.79 Å². The number of carbonyl (C=O) groups is 1. The number of ketones is 1. The zero-order valence-electron chi connectivity index (χ0n) is 9.54. The van der Waals surface area contributed by atoms with Gasteiger partial charge in [-0.25, -0.2) is 0 Å². The average Bonchev–Trinajstić information content (AvgIpc) is 2.40. The molecule has 0 radical (unpaired) electrons. The van der Waals surface area contributed by atoms with E-state index in [4.69, 9.17) is 9.84 Å². The number of hydrogen-bond donors (Lipinski definition) is 2. The molecular weight excluding hydrogens is 232 g/mol. The van der Waals surface area contributed by atoms with Crippen molar-refractivity contribution in [2.75, 3.05) is 6.79 Å². The van der Waals surface area contributed by atoms with Crippen molar-refractivity contribution in [2.24, 2.45) is 0 Å². The molecule has 0 heterocycles. The second-order valence-electron chi connectivity index (χ2n) is 3.65. The molecule has 0 aliphatic rings. The van der Waals surface area contributed by atoms with Crippen LogP contribution in [-0.4, -0.2) is 22.8 Å². The van der Waals surface area contributed by atoms with Crippen molar-refractivity contribution < 1.29 is 19.7 Å². The summed E-state index contributed by atoms with van der Waals surface area (Å²) in [4.78, 5) is 12.1. The highest BCUT2D eigenvalue weighted by molar-refractivity contribution is 6.10. The van der Waals surface area contributed by atoms with E-state index in [2.05, 4.69) is 0 Å². The van der Waals surface area contributed by atoms with Crippen LogP contribution in [0.1, 0.15) is 15.9 Å². The number of rotatable bonds is 4. The molecule has 2 N–H and O–H groups in total. The summed E-state index contributed by atoms with van der Waals surface area (Å²) in [5.41, 5.74) is 0.704. The summed E-state index contributed by atoms with van der Waals surface area (Å²) in [7, 11) is 0. The van der Waals surface area contributed by atoms with E-state index in [0.29, 0.717) is 11.3 Å². The quantitative estimate of drug-likeness (QED) is 0.637. The van der Waals surface area contributed by atoms with Crippen molar-refractivity contribution in [1.29, 1.82) is 0 Å². The number of phenolic OH excluding ortho intramolecular Hbond substituents is 1. The lowest BCUT2D eigenvalue weighted by molar-refractivity contribution is 0.0982. The summed E-state index contributed by atoms with van der Waals surface area (Å²) < 4.78 is 4.81. The molecule has 0 spiro atoms. The summed E-state index contributed by atoms with van der Waals surface area (Å²) in [6.07, 6.45) is 0. The first-order valence-electron chi connectivity index (χ1n) is 5.39. The van der Waals surface area contributed by atoms with Gasteiger partial charge < -0.3 is 14.9 Å². The molecule has 0 bridgehead atoms. The van der Waals surface area contributed by atoms with Crippen LogP contribution in [0.2, 0.25) is 0 Å². The molecule has 4 nitrogen and oxygen atoms in total. The maximum atomic E-state index is 12.1. The number of aliphatic hydroxyl groups is 1. The van der Waals surface area contributed by atoms with Crippen LogP contribution in [0.5, 0.6) is 11.5 Å². The van der Waals surface area contributed by atoms with Gasteiger partial charge in [-0.15, -0.1) is 0 Å². The molecule has 0 aliphatic heterocycles. The SMILES string of the molecule is O=C(c1ccccc1)c1ccc(OCO)cc1O. The molecule has 4 heteroatoms. The Balaban J connectivity index is 2.32. The Morgan fingerprint density at radius 1 is 1.11 bits per heavy atom. The van der Waals surface area contributed by atoms with E-state index in [1.165, 1.54) is 18.2 Å². The molecule has 0 saturated heterocycles. The lowest BCUT2D eigenvalue weighted by Gasteiger charge is -2.07. The molecule has 0 amide bonds. The molecule has 2 rings (SSSR count). The summed E-state index contributed by atoms with van der Waals surface area (Å²) in [5.74, 6) is -0.127. The fourth-order valence-corrected chi connectivity index (χ4v) is 1.61. The van der Waals surface area contributed by atoms with Crippen molar-refractivity contribution in [2.45, 2.75) is 0 Å². The predicted molar refractivity (Wildman–Crippen MR) is 65.7 cm³/mol. The largest absolute Gasteiger partial charge is 0.507 e. The first-order chi connectivity index (χ1) is 8.72. The zero-order valence-corrected chi connectivity index (χ0v) is 9.54. The van der Waals surface area contributed by atoms with E-state index in [1.807, 2.05) is 6.07 Å². The van der Waals surface area contributed by atoms with Gasteiger partial charge >= 0.3 is 0 Å². The van der Waals surface area contributed by atoms with Crippen LogP contribution in [0, 0.1) is 0 Å². The van der Waals surface area contributed by atoms with Gasteiger partial charge in [0.05, 0.1) is 5.56 Å². The van der Waals surface area contributed by atoms with E-state index in [1.54, 1.807) is 24.3 Å². The van der Waals surface area contributed by atoms with Gasteiger partial charge in [0, 0.05) is 11.6 Å². The standard InChI is InChI=1S/C14H12O4/c15-9-18-11-6-7-12(13(16)8-11)14(17)10-4-2-1-3-5-10/h1-8,15-16H,9H2. The molecule has 92 valence electrons. The number of phenols is 1. The minimum Gasteiger partial charge on any atom is -0.507 e. The zero-order chi connectivity index (χ0) is 13.0. The van der Waals surface area contributed by atoms with Crippen molar-refractivity contribution in [3.05, 3.63) is 59.7 Å². The van der Waals surface area contributed by atoms with E-state index in [0.717, 1.165) is 0 Å². The van der Waals surface area contributed by atoms with Crippen LogP contribution in [-0.2, 0) is 0 Å². The van der Waals surface area contributed by atoms with Crippen LogP contribution in [0.4, 0.5) is 0 Å². The van der Waals surface area contributed by atoms with Gasteiger partial charge in [0.15, 0.2) is 12.6 Å². The minimum atomic E-state index is -0.481. The highest BCUT2D eigenvalue weighted by Crippen LogP contribution is 2.25. The number of hydrogen-bond acceptors (Lipinski definition) is 4. The Bertz CT molecular complexity index is 549. The molecule has 2 aromatic carbocycles. The highest BCUT2D eigenvalue weighted by atomic mass is 16.6. The Kier molecular flexibility index (Phi) is 3.60. The highest BCUT2D eigenvalue weighted by Gasteiger charge is 2.13. The number of aromatic hydroxyl groups is 1. The van der Waals surface area contributed by atoms with E-state index in [-0.39, 0.29) is 17.1 Å². The molecule has 0 fully saturated rings. The average molecular weight is 244 g/mol. The molecule has 0 saturated carbocycles. The molecular formula is C14H12O4. The molecule has 18 heavy (non-hydrogen) atoms. The number of aliphatic hydroxyl groups excluding tert-OH is 1. The number of carbonyl (C=O) groups excluding carboxylic acids is 1. The fraction of sp³-hybridized carbons (Fsp3) is 0.0714. The van der Waals surface area contributed by atoms with Crippen LogP contribution >= 0.6 is 0 Å². The summed E-state index contributed by atoms with van der Waals surface area (Å²) in [6.45, 7) is -0.481. The maximum Gasteiger partial charge on any atom is 0.196 e. The number of benzene rings is 2. The van der Waals surface area contributed by atoms with E-state index in [9.17, 15) is 9.90 Å². The lowest BCUT2D eigenvalue weighted by atomic mass is 10.0. The Morgan fingerprint density at radius 3 is 2.44 bits per heavy atom. The lowest BCUT2D eigenvalue weighted by Crippen LogP contribution is -2.02. The third-order valence-electron chi connectivity index (χ3n) is 2.48. The molecule has 0 aliphatic carbocycles. The molecule has 0 atom stereocenters. The first kappa shape index (κ1) is 12.1.